The van der Waals surface area contributed by atoms with E-state index in [0.29, 0.717) is 17.9 Å². The van der Waals surface area contributed by atoms with E-state index < -0.39 is 0 Å². The molecule has 0 radical (unpaired) electrons. The first-order valence-corrected chi connectivity index (χ1v) is 9.77. The van der Waals surface area contributed by atoms with E-state index in [1.165, 1.54) is 5.69 Å². The van der Waals surface area contributed by atoms with Gasteiger partial charge in [-0.3, -0.25) is 9.69 Å². The van der Waals surface area contributed by atoms with Gasteiger partial charge in [0, 0.05) is 57.5 Å². The third kappa shape index (κ3) is 3.67. The summed E-state index contributed by atoms with van der Waals surface area (Å²) in [7, 11) is 0. The molecule has 3 aliphatic heterocycles. The fourth-order valence-electron chi connectivity index (χ4n) is 4.52. The maximum atomic E-state index is 12.7. The molecule has 1 aromatic carbocycles. The Hall–Kier alpha value is -1.59. The summed E-state index contributed by atoms with van der Waals surface area (Å²) in [6, 6.07) is 11.2. The molecule has 3 atom stereocenters. The molecule has 4 rings (SSSR count). The first-order valence-electron chi connectivity index (χ1n) is 9.77. The molecule has 0 aromatic heterocycles. The molecular weight excluding hydrogens is 312 g/mol. The van der Waals surface area contributed by atoms with Gasteiger partial charge in [-0.1, -0.05) is 25.1 Å². The standard InChI is InChI=1S/C20H30N4O/c1-16-7-8-24(15-16)20(25)19-13-18(14-21-19)23-11-9-22(10-12-23)17-5-3-2-4-6-17/h2-6,16,18-19,21H,7-15H2,1H3/t16?,18-,19-/m0/s1. The maximum Gasteiger partial charge on any atom is 0.239 e. The number of para-hydroxylation sites is 1. The summed E-state index contributed by atoms with van der Waals surface area (Å²) in [4.78, 5) is 19.8. The molecule has 136 valence electrons. The first-order chi connectivity index (χ1) is 12.2. The summed E-state index contributed by atoms with van der Waals surface area (Å²) in [6.07, 6.45) is 2.12. The van der Waals surface area contributed by atoms with Crippen LogP contribution in [0.2, 0.25) is 0 Å². The van der Waals surface area contributed by atoms with Gasteiger partial charge in [-0.25, -0.2) is 0 Å². The van der Waals surface area contributed by atoms with Crippen LogP contribution in [-0.2, 0) is 4.79 Å². The summed E-state index contributed by atoms with van der Waals surface area (Å²) in [6.45, 7) is 9.39. The van der Waals surface area contributed by atoms with Crippen molar-refractivity contribution in [2.75, 3.05) is 50.7 Å². The molecule has 0 spiro atoms. The molecule has 3 heterocycles. The number of likely N-dealkylation sites (tertiary alicyclic amines) is 1. The van der Waals surface area contributed by atoms with Crippen molar-refractivity contribution in [3.8, 4) is 0 Å². The average Bonchev–Trinajstić information content (AvgIpc) is 3.31. The Morgan fingerprint density at radius 3 is 2.52 bits per heavy atom. The van der Waals surface area contributed by atoms with Gasteiger partial charge >= 0.3 is 0 Å². The van der Waals surface area contributed by atoms with Crippen molar-refractivity contribution in [2.24, 2.45) is 5.92 Å². The minimum Gasteiger partial charge on any atom is -0.369 e. The van der Waals surface area contributed by atoms with E-state index in [4.69, 9.17) is 0 Å². The molecule has 1 unspecified atom stereocenters. The minimum absolute atomic E-state index is 0.0300. The van der Waals surface area contributed by atoms with E-state index >= 15 is 0 Å². The Morgan fingerprint density at radius 1 is 1.08 bits per heavy atom. The summed E-state index contributed by atoms with van der Waals surface area (Å²) in [5.74, 6) is 0.988. The number of carbonyl (C=O) groups excluding carboxylic acids is 1. The second-order valence-corrected chi connectivity index (χ2v) is 7.89. The first kappa shape index (κ1) is 16.9. The second kappa shape index (κ2) is 7.34. The molecule has 5 nitrogen and oxygen atoms in total. The lowest BCUT2D eigenvalue weighted by molar-refractivity contribution is -0.132. The molecule has 5 heteroatoms. The molecule has 0 saturated carbocycles. The van der Waals surface area contributed by atoms with Crippen LogP contribution < -0.4 is 10.2 Å². The zero-order chi connectivity index (χ0) is 17.2. The molecule has 3 saturated heterocycles. The van der Waals surface area contributed by atoms with Gasteiger partial charge in [0.25, 0.3) is 0 Å². The van der Waals surface area contributed by atoms with Crippen LogP contribution in [0.5, 0.6) is 0 Å². The van der Waals surface area contributed by atoms with Gasteiger partial charge in [-0.05, 0) is 30.9 Å². The van der Waals surface area contributed by atoms with Crippen LogP contribution in [0.3, 0.4) is 0 Å². The number of benzene rings is 1. The number of carbonyl (C=O) groups is 1. The number of rotatable bonds is 3. The quantitative estimate of drug-likeness (QED) is 0.901. The molecule has 0 aliphatic carbocycles. The van der Waals surface area contributed by atoms with Gasteiger partial charge in [-0.15, -0.1) is 0 Å². The number of amides is 1. The fourth-order valence-corrected chi connectivity index (χ4v) is 4.52. The SMILES string of the molecule is CC1CCN(C(=O)[C@@H]2C[C@H](N3CCN(c4ccccc4)CC3)CN2)C1. The van der Waals surface area contributed by atoms with Gasteiger partial charge in [-0.2, -0.15) is 0 Å². The lowest BCUT2D eigenvalue weighted by atomic mass is 10.1. The van der Waals surface area contributed by atoms with E-state index in [-0.39, 0.29) is 6.04 Å². The highest BCUT2D eigenvalue weighted by atomic mass is 16.2. The van der Waals surface area contributed by atoms with Crippen molar-refractivity contribution < 1.29 is 4.79 Å². The van der Waals surface area contributed by atoms with Crippen molar-refractivity contribution in [3.63, 3.8) is 0 Å². The van der Waals surface area contributed by atoms with Gasteiger partial charge < -0.3 is 15.1 Å². The van der Waals surface area contributed by atoms with E-state index in [1.54, 1.807) is 0 Å². The number of hydrogen-bond acceptors (Lipinski definition) is 4. The number of piperazine rings is 1. The number of nitrogens with zero attached hydrogens (tertiary/aromatic N) is 3. The Labute approximate surface area is 151 Å². The predicted octanol–water partition coefficient (Wildman–Crippen LogP) is 1.41. The van der Waals surface area contributed by atoms with Crippen molar-refractivity contribution in [1.82, 2.24) is 15.1 Å². The van der Waals surface area contributed by atoms with Crippen LogP contribution in [0.1, 0.15) is 19.8 Å². The van der Waals surface area contributed by atoms with Gasteiger partial charge in [0.1, 0.15) is 0 Å². The summed E-state index contributed by atoms with van der Waals surface area (Å²) < 4.78 is 0. The summed E-state index contributed by atoms with van der Waals surface area (Å²) in [5, 5.41) is 3.49. The molecular formula is C20H30N4O. The summed E-state index contributed by atoms with van der Waals surface area (Å²) >= 11 is 0. The predicted molar refractivity (Wildman–Crippen MR) is 101 cm³/mol. The van der Waals surface area contributed by atoms with Gasteiger partial charge in [0.2, 0.25) is 5.91 Å². The minimum atomic E-state index is 0.0300. The van der Waals surface area contributed by atoms with Crippen LogP contribution in [0.25, 0.3) is 0 Å². The molecule has 3 fully saturated rings. The lowest BCUT2D eigenvalue weighted by Gasteiger charge is -2.39. The average molecular weight is 342 g/mol. The zero-order valence-corrected chi connectivity index (χ0v) is 15.2. The maximum absolute atomic E-state index is 12.7. The normalized spacial score (nSPS) is 30.8. The van der Waals surface area contributed by atoms with Gasteiger partial charge in [0.15, 0.2) is 0 Å². The Balaban J connectivity index is 1.28. The number of anilines is 1. The number of hydrogen-bond donors (Lipinski definition) is 1. The smallest absolute Gasteiger partial charge is 0.239 e. The second-order valence-electron chi connectivity index (χ2n) is 7.89. The highest BCUT2D eigenvalue weighted by molar-refractivity contribution is 5.82. The van der Waals surface area contributed by atoms with Crippen molar-refractivity contribution in [1.29, 1.82) is 0 Å². The number of nitrogens with one attached hydrogen (secondary N) is 1. The molecule has 1 N–H and O–H groups in total. The third-order valence-electron chi connectivity index (χ3n) is 6.09. The van der Waals surface area contributed by atoms with Crippen LogP contribution in [0.15, 0.2) is 30.3 Å². The Kier molecular flexibility index (Phi) is 4.95. The zero-order valence-electron chi connectivity index (χ0n) is 15.2. The highest BCUT2D eigenvalue weighted by Crippen LogP contribution is 2.22. The lowest BCUT2D eigenvalue weighted by Crippen LogP contribution is -2.51. The Morgan fingerprint density at radius 2 is 1.84 bits per heavy atom. The van der Waals surface area contributed by atoms with Crippen molar-refractivity contribution in [2.45, 2.75) is 31.8 Å². The van der Waals surface area contributed by atoms with E-state index in [2.05, 4.69) is 57.3 Å². The van der Waals surface area contributed by atoms with E-state index in [9.17, 15) is 4.79 Å². The van der Waals surface area contributed by atoms with Crippen LogP contribution in [0.4, 0.5) is 5.69 Å². The van der Waals surface area contributed by atoms with Crippen molar-refractivity contribution >= 4 is 11.6 Å². The van der Waals surface area contributed by atoms with Crippen LogP contribution in [0, 0.1) is 5.92 Å². The fraction of sp³-hybridized carbons (Fsp3) is 0.650. The molecule has 25 heavy (non-hydrogen) atoms. The van der Waals surface area contributed by atoms with Crippen LogP contribution in [-0.4, -0.2) is 73.6 Å². The van der Waals surface area contributed by atoms with E-state index in [1.807, 2.05) is 0 Å². The van der Waals surface area contributed by atoms with E-state index in [0.717, 1.165) is 58.7 Å². The highest BCUT2D eigenvalue weighted by Gasteiger charge is 2.37. The molecule has 3 aliphatic rings. The molecule has 1 aromatic rings. The van der Waals surface area contributed by atoms with Gasteiger partial charge in [0.05, 0.1) is 6.04 Å². The third-order valence-corrected chi connectivity index (χ3v) is 6.09. The monoisotopic (exact) mass is 342 g/mol. The van der Waals surface area contributed by atoms with Crippen molar-refractivity contribution in [3.05, 3.63) is 30.3 Å². The molecule has 0 bridgehead atoms. The Bertz CT molecular complexity index is 585. The van der Waals surface area contributed by atoms with Crippen LogP contribution >= 0.6 is 0 Å². The molecule has 1 amide bonds. The topological polar surface area (TPSA) is 38.8 Å². The summed E-state index contributed by atoms with van der Waals surface area (Å²) in [5.41, 5.74) is 1.32. The largest absolute Gasteiger partial charge is 0.369 e.